The molecule has 1 heterocycles. The summed E-state index contributed by atoms with van der Waals surface area (Å²) in [5.74, 6) is -12.1. The number of carbonyl (C=O) groups excluding carboxylic acids is 1. The van der Waals surface area contributed by atoms with E-state index in [0.717, 1.165) is 12.1 Å². The second-order valence-corrected chi connectivity index (χ2v) is 7.60. The first kappa shape index (κ1) is 26.7. The molecular weight excluding hydrogens is 514 g/mol. The highest BCUT2D eigenvalue weighted by Crippen LogP contribution is 2.42. The molecular formula is C21H10F10N4O. The van der Waals surface area contributed by atoms with Crippen molar-refractivity contribution in [3.8, 4) is 12.1 Å². The highest BCUT2D eigenvalue weighted by atomic mass is 19.4. The van der Waals surface area contributed by atoms with Gasteiger partial charge in [0.2, 0.25) is 5.91 Å². The van der Waals surface area contributed by atoms with E-state index in [1.165, 1.54) is 11.4 Å². The first-order valence-electron chi connectivity index (χ1n) is 9.62. The summed E-state index contributed by atoms with van der Waals surface area (Å²) < 4.78 is 136. The fourth-order valence-electron chi connectivity index (χ4n) is 3.80. The Kier molecular flexibility index (Phi) is 6.92. The van der Waals surface area contributed by atoms with Crippen LogP contribution in [0.5, 0.6) is 0 Å². The van der Waals surface area contributed by atoms with Gasteiger partial charge in [-0.05, 0) is 24.1 Å². The molecule has 1 saturated heterocycles. The van der Waals surface area contributed by atoms with Crippen LogP contribution in [-0.4, -0.2) is 24.2 Å². The molecule has 3 rings (SSSR count). The van der Waals surface area contributed by atoms with E-state index in [1.54, 1.807) is 0 Å². The molecule has 3 atom stereocenters. The molecule has 1 aliphatic heterocycles. The van der Waals surface area contributed by atoms with Gasteiger partial charge in [-0.1, -0.05) is 6.07 Å². The normalized spacial score (nSPS) is 20.1. The molecule has 0 spiro atoms. The number of nitrogens with one attached hydrogen (secondary N) is 2. The van der Waals surface area contributed by atoms with Crippen molar-refractivity contribution in [3.63, 3.8) is 0 Å². The number of halogens is 10. The Labute approximate surface area is 194 Å². The zero-order valence-electron chi connectivity index (χ0n) is 17.3. The number of nitriles is 2. The maximum Gasteiger partial charge on any atom is 0.417 e. The molecule has 3 unspecified atom stereocenters. The van der Waals surface area contributed by atoms with Crippen molar-refractivity contribution in [3.05, 3.63) is 63.7 Å². The Balaban J connectivity index is 1.98. The third kappa shape index (κ3) is 4.79. The van der Waals surface area contributed by atoms with Crippen molar-refractivity contribution in [1.82, 2.24) is 5.32 Å². The van der Waals surface area contributed by atoms with Crippen molar-refractivity contribution in [2.24, 2.45) is 0 Å². The topological polar surface area (TPSA) is 88.7 Å². The van der Waals surface area contributed by atoms with Crippen LogP contribution in [-0.2, 0) is 11.0 Å². The van der Waals surface area contributed by atoms with Gasteiger partial charge in [0.15, 0.2) is 23.3 Å². The summed E-state index contributed by atoms with van der Waals surface area (Å²) >= 11 is 0. The molecule has 0 saturated carbocycles. The molecule has 0 aromatic heterocycles. The summed E-state index contributed by atoms with van der Waals surface area (Å²) in [6.45, 7) is 0. The second kappa shape index (κ2) is 9.31. The van der Waals surface area contributed by atoms with Crippen LogP contribution in [0.1, 0.15) is 34.6 Å². The molecule has 1 amide bonds. The number of amides is 1. The van der Waals surface area contributed by atoms with Gasteiger partial charge in [-0.25, -0.2) is 17.6 Å². The monoisotopic (exact) mass is 524 g/mol. The number of benzene rings is 2. The number of alkyl halides is 6. The summed E-state index contributed by atoms with van der Waals surface area (Å²) in [5, 5.41) is 20.7. The van der Waals surface area contributed by atoms with E-state index in [-0.39, 0.29) is 0 Å². The van der Waals surface area contributed by atoms with Crippen LogP contribution in [0, 0.1) is 45.9 Å². The van der Waals surface area contributed by atoms with Crippen molar-refractivity contribution in [2.45, 2.75) is 36.8 Å². The Morgan fingerprint density at radius 1 is 0.944 bits per heavy atom. The Hall–Kier alpha value is -3.85. The van der Waals surface area contributed by atoms with E-state index in [9.17, 15) is 48.7 Å². The van der Waals surface area contributed by atoms with Gasteiger partial charge in [0, 0.05) is 5.92 Å². The van der Waals surface area contributed by atoms with Crippen molar-refractivity contribution < 1.29 is 48.7 Å². The molecule has 0 bridgehead atoms. The van der Waals surface area contributed by atoms with Gasteiger partial charge < -0.3 is 5.32 Å². The van der Waals surface area contributed by atoms with E-state index >= 15 is 0 Å². The number of anilines is 1. The maximum atomic E-state index is 14.1. The minimum atomic E-state index is -5.12. The summed E-state index contributed by atoms with van der Waals surface area (Å²) in [4.78, 5) is 12.5. The summed E-state index contributed by atoms with van der Waals surface area (Å²) in [6.07, 6.45) is -11.0. The number of nitrogens with zero attached hydrogens (tertiary/aromatic N) is 2. The number of rotatable bonds is 3. The van der Waals surface area contributed by atoms with E-state index in [1.807, 2.05) is 5.32 Å². The van der Waals surface area contributed by atoms with Crippen LogP contribution in [0.15, 0.2) is 18.2 Å². The first-order chi connectivity index (χ1) is 16.6. The van der Waals surface area contributed by atoms with Crippen molar-refractivity contribution in [2.75, 3.05) is 5.32 Å². The number of carbonyl (C=O) groups is 1. The van der Waals surface area contributed by atoms with Crippen LogP contribution >= 0.6 is 0 Å². The lowest BCUT2D eigenvalue weighted by atomic mass is 9.88. The molecule has 1 aliphatic rings. The van der Waals surface area contributed by atoms with Crippen LogP contribution in [0.4, 0.5) is 49.6 Å². The van der Waals surface area contributed by atoms with Crippen LogP contribution < -0.4 is 10.6 Å². The van der Waals surface area contributed by atoms with Crippen LogP contribution in [0.25, 0.3) is 0 Å². The first-order valence-corrected chi connectivity index (χ1v) is 9.62. The molecule has 2 aromatic rings. The van der Waals surface area contributed by atoms with Crippen molar-refractivity contribution >= 4 is 11.6 Å². The summed E-state index contributed by atoms with van der Waals surface area (Å²) in [5.41, 5.74) is -6.25. The summed E-state index contributed by atoms with van der Waals surface area (Å²) in [6, 6.07) is -0.566. The molecule has 2 N–H and O–H groups in total. The number of hydrogen-bond donors (Lipinski definition) is 2. The van der Waals surface area contributed by atoms with E-state index in [0.29, 0.717) is 12.1 Å². The second-order valence-electron chi connectivity index (χ2n) is 7.60. The van der Waals surface area contributed by atoms with E-state index in [4.69, 9.17) is 10.5 Å². The summed E-state index contributed by atoms with van der Waals surface area (Å²) in [7, 11) is 0. The van der Waals surface area contributed by atoms with Gasteiger partial charge in [-0.3, -0.25) is 10.1 Å². The lowest BCUT2D eigenvalue weighted by molar-refractivity contribution is -0.156. The molecule has 0 radical (unpaired) electrons. The highest BCUT2D eigenvalue weighted by Gasteiger charge is 2.52. The van der Waals surface area contributed by atoms with Gasteiger partial charge in [0.25, 0.3) is 0 Å². The molecule has 5 nitrogen and oxygen atoms in total. The SMILES string of the molecule is N#Cc1ccc(C2CC(C(=O)Nc3c(F)c(F)c(C#N)c(F)c3F)NC2C(F)(F)F)cc1C(F)(F)F. The average molecular weight is 524 g/mol. The Bertz CT molecular complexity index is 1280. The molecule has 1 fully saturated rings. The standard InChI is InChI=1S/C21H10F10N4O/c22-13-10(6-33)14(23)16(25)17(15(13)24)35-19(36)12-4-9(18(34-12)21(29,30)31)7-1-2-8(5-32)11(3-7)20(26,27)28/h1-3,9,12,18,34H,4H2,(H,35,36). The predicted molar refractivity (Wildman–Crippen MR) is 99.9 cm³/mol. The molecule has 0 aliphatic carbocycles. The largest absolute Gasteiger partial charge is 0.417 e. The third-order valence-electron chi connectivity index (χ3n) is 5.46. The highest BCUT2D eigenvalue weighted by molar-refractivity contribution is 5.95. The minimum Gasteiger partial charge on any atom is -0.320 e. The Morgan fingerprint density at radius 3 is 2.00 bits per heavy atom. The predicted octanol–water partition coefficient (Wildman–Crippen LogP) is 5.02. The smallest absolute Gasteiger partial charge is 0.320 e. The number of hydrogen-bond acceptors (Lipinski definition) is 4. The molecule has 36 heavy (non-hydrogen) atoms. The fraction of sp³-hybridized carbons (Fsp3) is 0.286. The van der Waals surface area contributed by atoms with Gasteiger partial charge in [-0.15, -0.1) is 0 Å². The molecule has 190 valence electrons. The van der Waals surface area contributed by atoms with E-state index in [2.05, 4.69) is 0 Å². The van der Waals surface area contributed by atoms with Crippen LogP contribution in [0.2, 0.25) is 0 Å². The quantitative estimate of drug-likeness (QED) is 0.436. The van der Waals surface area contributed by atoms with E-state index < -0.39 is 93.9 Å². The van der Waals surface area contributed by atoms with Gasteiger partial charge in [0.05, 0.1) is 23.2 Å². The minimum absolute atomic E-state index is 0.328. The Morgan fingerprint density at radius 2 is 1.53 bits per heavy atom. The maximum absolute atomic E-state index is 14.1. The zero-order valence-corrected chi connectivity index (χ0v) is 17.3. The average Bonchev–Trinajstić information content (AvgIpc) is 3.26. The zero-order chi connectivity index (χ0) is 27.2. The van der Waals surface area contributed by atoms with Gasteiger partial charge >= 0.3 is 12.4 Å². The van der Waals surface area contributed by atoms with Gasteiger partial charge in [-0.2, -0.15) is 36.9 Å². The van der Waals surface area contributed by atoms with Crippen molar-refractivity contribution in [1.29, 1.82) is 10.5 Å². The van der Waals surface area contributed by atoms with Gasteiger partial charge in [0.1, 0.15) is 23.4 Å². The fourth-order valence-corrected chi connectivity index (χ4v) is 3.80. The van der Waals surface area contributed by atoms with Crippen LogP contribution in [0.3, 0.4) is 0 Å². The molecule has 2 aromatic carbocycles. The molecule has 15 heteroatoms. The third-order valence-corrected chi connectivity index (χ3v) is 5.46. The lowest BCUT2D eigenvalue weighted by Crippen LogP contribution is -2.46. The lowest BCUT2D eigenvalue weighted by Gasteiger charge is -2.23.